The zero-order valence-electron chi connectivity index (χ0n) is 11.6. The highest BCUT2D eigenvalue weighted by atomic mass is 32.1. The summed E-state index contributed by atoms with van der Waals surface area (Å²) in [5.41, 5.74) is 3.71. The average molecular weight is 278 g/mol. The van der Waals surface area contributed by atoms with Gasteiger partial charge in [0.2, 0.25) is 0 Å². The highest BCUT2D eigenvalue weighted by Gasteiger charge is 2.25. The first-order valence-electron chi connectivity index (χ1n) is 7.26. The van der Waals surface area contributed by atoms with E-state index in [1.807, 2.05) is 0 Å². The van der Waals surface area contributed by atoms with Crippen molar-refractivity contribution < 1.29 is 0 Å². The molecule has 0 atom stereocenters. The van der Waals surface area contributed by atoms with Crippen LogP contribution < -0.4 is 5.56 Å². The van der Waals surface area contributed by atoms with Crippen LogP contribution in [0.2, 0.25) is 0 Å². The Morgan fingerprint density at radius 1 is 1.37 bits per heavy atom. The van der Waals surface area contributed by atoms with Gasteiger partial charge in [-0.1, -0.05) is 12.8 Å². The smallest absolute Gasteiger partial charge is 0.255 e. The number of pyridine rings is 1. The first-order valence-corrected chi connectivity index (χ1v) is 7.89. The quantitative estimate of drug-likeness (QED) is 0.840. The van der Waals surface area contributed by atoms with E-state index in [9.17, 15) is 4.79 Å². The molecule has 1 aliphatic carbocycles. The number of rotatable bonds is 2. The fourth-order valence-electron chi connectivity index (χ4n) is 3.53. The molecule has 0 bridgehead atoms. The maximum absolute atomic E-state index is 12.6. The predicted molar refractivity (Wildman–Crippen MR) is 80.9 cm³/mol. The molecule has 2 aliphatic rings. The summed E-state index contributed by atoms with van der Waals surface area (Å²) in [5.74, 6) is 0.544. The topological polar surface area (TPSA) is 25.2 Å². The van der Waals surface area contributed by atoms with E-state index in [0.29, 0.717) is 11.8 Å². The second-order valence-electron chi connectivity index (χ2n) is 5.90. The lowest BCUT2D eigenvalue weighted by Gasteiger charge is -2.30. The van der Waals surface area contributed by atoms with Crippen LogP contribution in [-0.4, -0.2) is 23.1 Å². The first-order chi connectivity index (χ1) is 9.20. The lowest BCUT2D eigenvalue weighted by molar-refractivity contribution is 0.299. The van der Waals surface area contributed by atoms with E-state index >= 15 is 0 Å². The molecule has 1 aromatic rings. The summed E-state index contributed by atoms with van der Waals surface area (Å²) in [5, 5.41) is 0. The van der Waals surface area contributed by atoms with Crippen LogP contribution in [0.5, 0.6) is 0 Å². The second-order valence-corrected chi connectivity index (χ2v) is 6.22. The van der Waals surface area contributed by atoms with Gasteiger partial charge in [0.25, 0.3) is 5.56 Å². The van der Waals surface area contributed by atoms with E-state index in [-0.39, 0.29) is 5.56 Å². The summed E-state index contributed by atoms with van der Waals surface area (Å²) >= 11 is 4.33. The van der Waals surface area contributed by atoms with Crippen molar-refractivity contribution in [2.24, 2.45) is 0 Å². The number of thiol groups is 1. The minimum Gasteiger partial charge on any atom is -0.309 e. The Morgan fingerprint density at radius 3 is 2.79 bits per heavy atom. The van der Waals surface area contributed by atoms with Gasteiger partial charge in [-0.15, -0.1) is 0 Å². The summed E-state index contributed by atoms with van der Waals surface area (Å²) in [6.07, 6.45) is 5.86. The third kappa shape index (κ3) is 2.36. The molecule has 0 radical (unpaired) electrons. The van der Waals surface area contributed by atoms with Crippen LogP contribution in [0.15, 0.2) is 10.9 Å². The van der Waals surface area contributed by atoms with E-state index in [2.05, 4.69) is 35.2 Å². The Kier molecular flexibility index (Phi) is 3.72. The van der Waals surface area contributed by atoms with Crippen molar-refractivity contribution in [2.75, 3.05) is 13.6 Å². The Bertz CT molecular complexity index is 532. The summed E-state index contributed by atoms with van der Waals surface area (Å²) in [7, 11) is 2.15. The highest BCUT2D eigenvalue weighted by Crippen LogP contribution is 2.31. The molecule has 0 amide bonds. The van der Waals surface area contributed by atoms with Crippen molar-refractivity contribution >= 4 is 12.6 Å². The van der Waals surface area contributed by atoms with Crippen molar-refractivity contribution in [1.82, 2.24) is 9.47 Å². The van der Waals surface area contributed by atoms with E-state index in [1.165, 1.54) is 24.1 Å². The average Bonchev–Trinajstić information content (AvgIpc) is 2.92. The molecule has 1 saturated carbocycles. The molecular weight excluding hydrogens is 256 g/mol. The van der Waals surface area contributed by atoms with Gasteiger partial charge in [0.15, 0.2) is 0 Å². The van der Waals surface area contributed by atoms with Gasteiger partial charge in [-0.3, -0.25) is 4.79 Å². The molecular formula is C15H22N2OS. The minimum atomic E-state index is 0.213. The Labute approximate surface area is 120 Å². The lowest BCUT2D eigenvalue weighted by atomic mass is 10.0. The standard InChI is InChI=1S/C15H22N2OS/c1-16-7-6-14-11(9-16)8-12(10-19)15(18)17(14)13-4-2-3-5-13/h8,13,19H,2-7,9-10H2,1H3. The van der Waals surface area contributed by atoms with Gasteiger partial charge in [0, 0.05) is 42.6 Å². The number of hydrogen-bond acceptors (Lipinski definition) is 3. The van der Waals surface area contributed by atoms with Crippen LogP contribution in [0.25, 0.3) is 0 Å². The van der Waals surface area contributed by atoms with Gasteiger partial charge in [-0.05, 0) is 31.5 Å². The first kappa shape index (κ1) is 13.3. The normalized spacial score (nSPS) is 20.7. The van der Waals surface area contributed by atoms with Crippen LogP contribution >= 0.6 is 12.6 Å². The molecule has 19 heavy (non-hydrogen) atoms. The number of likely N-dealkylation sites (N-methyl/N-ethyl adjacent to an activating group) is 1. The molecule has 0 spiro atoms. The monoisotopic (exact) mass is 278 g/mol. The van der Waals surface area contributed by atoms with Crippen molar-refractivity contribution in [1.29, 1.82) is 0 Å². The number of aromatic nitrogens is 1. The van der Waals surface area contributed by atoms with E-state index in [4.69, 9.17) is 0 Å². The highest BCUT2D eigenvalue weighted by molar-refractivity contribution is 7.79. The summed E-state index contributed by atoms with van der Waals surface area (Å²) in [4.78, 5) is 15.0. The molecule has 0 unspecified atom stereocenters. The molecule has 0 saturated heterocycles. The predicted octanol–water partition coefficient (Wildman–Crippen LogP) is 2.38. The molecule has 1 fully saturated rings. The van der Waals surface area contributed by atoms with Crippen molar-refractivity contribution in [3.8, 4) is 0 Å². The summed E-state index contributed by atoms with van der Waals surface area (Å²) in [6.45, 7) is 2.02. The second kappa shape index (κ2) is 5.33. The fourth-order valence-corrected chi connectivity index (χ4v) is 3.76. The van der Waals surface area contributed by atoms with Gasteiger partial charge in [0.1, 0.15) is 0 Å². The number of fused-ring (bicyclic) bond motifs is 1. The third-order valence-corrected chi connectivity index (χ3v) is 4.87. The number of nitrogens with zero attached hydrogens (tertiary/aromatic N) is 2. The fraction of sp³-hybridized carbons (Fsp3) is 0.667. The van der Waals surface area contributed by atoms with E-state index in [1.54, 1.807) is 0 Å². The van der Waals surface area contributed by atoms with Gasteiger partial charge in [-0.2, -0.15) is 12.6 Å². The lowest BCUT2D eigenvalue weighted by Crippen LogP contribution is -2.36. The van der Waals surface area contributed by atoms with E-state index < -0.39 is 0 Å². The summed E-state index contributed by atoms with van der Waals surface area (Å²) < 4.78 is 2.13. The molecule has 2 heterocycles. The van der Waals surface area contributed by atoms with Gasteiger partial charge >= 0.3 is 0 Å². The Morgan fingerprint density at radius 2 is 2.11 bits per heavy atom. The molecule has 4 heteroatoms. The Balaban J connectivity index is 2.14. The molecule has 104 valence electrons. The molecule has 3 nitrogen and oxygen atoms in total. The van der Waals surface area contributed by atoms with Crippen LogP contribution in [0.1, 0.15) is 48.5 Å². The third-order valence-electron chi connectivity index (χ3n) is 4.53. The summed E-state index contributed by atoms with van der Waals surface area (Å²) in [6, 6.07) is 2.52. The van der Waals surface area contributed by atoms with Crippen LogP contribution in [0.4, 0.5) is 0 Å². The molecule has 0 N–H and O–H groups in total. The van der Waals surface area contributed by atoms with Gasteiger partial charge in [0.05, 0.1) is 0 Å². The molecule has 3 rings (SSSR count). The Hall–Kier alpha value is -0.740. The van der Waals surface area contributed by atoms with Gasteiger partial charge in [-0.25, -0.2) is 0 Å². The maximum Gasteiger partial charge on any atom is 0.255 e. The zero-order valence-corrected chi connectivity index (χ0v) is 12.5. The molecule has 1 aliphatic heterocycles. The maximum atomic E-state index is 12.6. The SMILES string of the molecule is CN1CCc2c(cc(CS)c(=O)n2C2CCCC2)C1. The number of hydrogen-bond donors (Lipinski definition) is 1. The van der Waals surface area contributed by atoms with Crippen LogP contribution in [-0.2, 0) is 18.7 Å². The van der Waals surface area contributed by atoms with Crippen LogP contribution in [0.3, 0.4) is 0 Å². The van der Waals surface area contributed by atoms with E-state index in [0.717, 1.165) is 37.9 Å². The van der Waals surface area contributed by atoms with Crippen molar-refractivity contribution in [3.63, 3.8) is 0 Å². The van der Waals surface area contributed by atoms with Crippen LogP contribution in [0, 0.1) is 0 Å². The largest absolute Gasteiger partial charge is 0.309 e. The van der Waals surface area contributed by atoms with Crippen molar-refractivity contribution in [2.45, 2.75) is 50.4 Å². The minimum absolute atomic E-state index is 0.213. The van der Waals surface area contributed by atoms with Crippen molar-refractivity contribution in [3.05, 3.63) is 33.2 Å². The zero-order chi connectivity index (χ0) is 13.4. The molecule has 1 aromatic heterocycles. The van der Waals surface area contributed by atoms with Gasteiger partial charge < -0.3 is 9.47 Å². The molecule has 0 aromatic carbocycles.